The Hall–Kier alpha value is -4.52. The molecule has 3 heterocycles. The minimum Gasteiger partial charge on any atom is -0.406 e. The molecule has 0 atom stereocenters. The van der Waals surface area contributed by atoms with Gasteiger partial charge in [-0.2, -0.15) is 5.10 Å². The second kappa shape index (κ2) is 7.87. The number of imidazole rings is 1. The topological polar surface area (TPSA) is 77.5 Å². The Morgan fingerprint density at radius 2 is 1.97 bits per heavy atom. The normalized spacial score (nSPS) is 11.4. The minimum absolute atomic E-state index is 0.341. The van der Waals surface area contributed by atoms with E-state index < -0.39 is 6.36 Å². The molecule has 0 amide bonds. The average Bonchev–Trinajstić information content (AvgIpc) is 3.36. The third kappa shape index (κ3) is 4.16. The molecule has 5 rings (SSSR count). The van der Waals surface area contributed by atoms with Gasteiger partial charge >= 0.3 is 6.36 Å². The number of fused-ring (bicyclic) bond motifs is 2. The number of hydrogen-bond donors (Lipinski definition) is 1. The van der Waals surface area contributed by atoms with E-state index in [2.05, 4.69) is 37.1 Å². The van der Waals surface area contributed by atoms with Gasteiger partial charge in [0.05, 0.1) is 17.1 Å². The fourth-order valence-corrected chi connectivity index (χ4v) is 3.30. The lowest BCUT2D eigenvalue weighted by atomic mass is 10.1. The van der Waals surface area contributed by atoms with Crippen molar-refractivity contribution in [3.8, 4) is 17.6 Å². The van der Waals surface area contributed by atoms with Crippen molar-refractivity contribution in [2.75, 3.05) is 5.32 Å². The van der Waals surface area contributed by atoms with Gasteiger partial charge in [-0.15, -0.1) is 13.2 Å². The summed E-state index contributed by atoms with van der Waals surface area (Å²) in [5.74, 6) is 6.17. The molecule has 2 aromatic carbocycles. The Morgan fingerprint density at radius 3 is 2.82 bits per heavy atom. The molecule has 0 saturated carbocycles. The van der Waals surface area contributed by atoms with Crippen LogP contribution in [0, 0.1) is 18.8 Å². The highest BCUT2D eigenvalue weighted by Crippen LogP contribution is 2.31. The van der Waals surface area contributed by atoms with Gasteiger partial charge in [0.2, 0.25) is 0 Å². The highest BCUT2D eigenvalue weighted by molar-refractivity contribution is 5.94. The van der Waals surface area contributed by atoms with Gasteiger partial charge in [0.25, 0.3) is 0 Å². The summed E-state index contributed by atoms with van der Waals surface area (Å²) >= 11 is 0. The van der Waals surface area contributed by atoms with Gasteiger partial charge in [-0.05, 0) is 48.7 Å². The van der Waals surface area contributed by atoms with Crippen LogP contribution >= 0.6 is 0 Å². The largest absolute Gasteiger partial charge is 0.573 e. The molecule has 0 radical (unpaired) electrons. The van der Waals surface area contributed by atoms with Crippen molar-refractivity contribution in [3.05, 3.63) is 77.7 Å². The highest BCUT2D eigenvalue weighted by Gasteiger charge is 2.31. The van der Waals surface area contributed by atoms with E-state index in [1.807, 2.05) is 19.1 Å². The first-order valence-corrected chi connectivity index (χ1v) is 9.70. The summed E-state index contributed by atoms with van der Waals surface area (Å²) in [6, 6.07) is 12.8. The summed E-state index contributed by atoms with van der Waals surface area (Å²) in [5.41, 5.74) is 3.61. The average molecular weight is 449 g/mol. The Kier molecular flexibility index (Phi) is 4.86. The lowest BCUT2D eigenvalue weighted by Crippen LogP contribution is -2.17. The number of nitrogens with zero attached hydrogens (tertiary/aromatic N) is 4. The van der Waals surface area contributed by atoms with Crippen molar-refractivity contribution in [3.63, 3.8) is 0 Å². The van der Waals surface area contributed by atoms with E-state index in [4.69, 9.17) is 4.52 Å². The molecule has 0 unspecified atom stereocenters. The van der Waals surface area contributed by atoms with Crippen molar-refractivity contribution in [1.82, 2.24) is 19.8 Å². The third-order valence-electron chi connectivity index (χ3n) is 4.77. The van der Waals surface area contributed by atoms with Crippen LogP contribution < -0.4 is 10.1 Å². The van der Waals surface area contributed by atoms with E-state index >= 15 is 0 Å². The summed E-state index contributed by atoms with van der Waals surface area (Å²) < 4.78 is 48.7. The number of alkyl halides is 3. The zero-order valence-corrected chi connectivity index (χ0v) is 17.0. The fraction of sp³-hybridized carbons (Fsp3) is 0.0870. The smallest absolute Gasteiger partial charge is 0.406 e. The van der Waals surface area contributed by atoms with Crippen molar-refractivity contribution < 1.29 is 22.4 Å². The number of aromatic nitrogens is 4. The van der Waals surface area contributed by atoms with E-state index in [0.29, 0.717) is 39.4 Å². The van der Waals surface area contributed by atoms with Crippen molar-refractivity contribution in [1.29, 1.82) is 0 Å². The molecule has 0 aliphatic carbocycles. The predicted molar refractivity (Wildman–Crippen MR) is 114 cm³/mol. The molecule has 3 aromatic heterocycles. The van der Waals surface area contributed by atoms with Crippen LogP contribution in [0.1, 0.15) is 16.8 Å². The van der Waals surface area contributed by atoms with Crippen LogP contribution in [0.3, 0.4) is 0 Å². The van der Waals surface area contributed by atoms with E-state index in [-0.39, 0.29) is 5.75 Å². The zero-order valence-electron chi connectivity index (χ0n) is 17.0. The summed E-state index contributed by atoms with van der Waals surface area (Å²) in [7, 11) is 0. The van der Waals surface area contributed by atoms with Gasteiger partial charge in [-0.25, -0.2) is 9.50 Å². The van der Waals surface area contributed by atoms with E-state index in [1.54, 1.807) is 35.1 Å². The summed E-state index contributed by atoms with van der Waals surface area (Å²) in [6.07, 6.45) is -1.50. The van der Waals surface area contributed by atoms with Crippen molar-refractivity contribution in [2.24, 2.45) is 0 Å². The van der Waals surface area contributed by atoms with E-state index in [1.165, 1.54) is 18.2 Å². The van der Waals surface area contributed by atoms with Crippen LogP contribution in [0.25, 0.3) is 16.6 Å². The van der Waals surface area contributed by atoms with Gasteiger partial charge in [-0.3, -0.25) is 0 Å². The zero-order chi connectivity index (χ0) is 23.0. The third-order valence-corrected chi connectivity index (χ3v) is 4.77. The molecule has 5 aromatic rings. The Bertz CT molecular complexity index is 1540. The Labute approximate surface area is 184 Å². The predicted octanol–water partition coefficient (Wildman–Crippen LogP) is 5.22. The maximum atomic E-state index is 12.5. The molecule has 0 bridgehead atoms. The monoisotopic (exact) mass is 449 g/mol. The molecule has 33 heavy (non-hydrogen) atoms. The van der Waals surface area contributed by atoms with Crippen LogP contribution in [0.15, 0.2) is 65.4 Å². The van der Waals surface area contributed by atoms with Crippen LogP contribution in [-0.4, -0.2) is 26.1 Å². The first-order chi connectivity index (χ1) is 15.9. The van der Waals surface area contributed by atoms with Crippen molar-refractivity contribution in [2.45, 2.75) is 13.3 Å². The molecular weight excluding hydrogens is 435 g/mol. The fourth-order valence-electron chi connectivity index (χ4n) is 3.30. The van der Waals surface area contributed by atoms with Gasteiger partial charge in [0, 0.05) is 18.0 Å². The number of anilines is 2. The summed E-state index contributed by atoms with van der Waals surface area (Å²) in [5, 5.41) is 11.9. The molecule has 0 fully saturated rings. The first-order valence-electron chi connectivity index (χ1n) is 9.70. The molecule has 0 aliphatic rings. The van der Waals surface area contributed by atoms with Gasteiger partial charge in [0.15, 0.2) is 17.0 Å². The number of benzene rings is 2. The van der Waals surface area contributed by atoms with E-state index in [9.17, 15) is 13.2 Å². The maximum absolute atomic E-state index is 12.5. The van der Waals surface area contributed by atoms with Crippen LogP contribution in [-0.2, 0) is 0 Å². The lowest BCUT2D eigenvalue weighted by molar-refractivity contribution is -0.274. The standard InChI is InChI=1S/C23H14F3N5O2/c1-14-7-9-19-21(18(14)10-8-16-13-27-20-6-3-11-28-31(16)20)33-30-22(19)29-15-4-2-5-17(12-15)32-23(24,25)26/h2-7,9,11-13H,1H3,(H,29,30). The molecule has 7 nitrogen and oxygen atoms in total. The Morgan fingerprint density at radius 1 is 1.09 bits per heavy atom. The highest BCUT2D eigenvalue weighted by atomic mass is 19.4. The van der Waals surface area contributed by atoms with Crippen LogP contribution in [0.5, 0.6) is 5.75 Å². The number of aryl methyl sites for hydroxylation is 1. The Balaban J connectivity index is 1.49. The second-order valence-electron chi connectivity index (χ2n) is 7.05. The number of halogens is 3. The number of hydrogen-bond acceptors (Lipinski definition) is 6. The van der Waals surface area contributed by atoms with Gasteiger partial charge < -0.3 is 14.6 Å². The number of ether oxygens (including phenoxy) is 1. The molecule has 0 saturated heterocycles. The number of rotatable bonds is 3. The first kappa shape index (κ1) is 20.4. The van der Waals surface area contributed by atoms with Gasteiger partial charge in [0.1, 0.15) is 11.4 Å². The molecule has 0 spiro atoms. The molecule has 164 valence electrons. The quantitative estimate of drug-likeness (QED) is 0.381. The molecule has 0 aliphatic heterocycles. The van der Waals surface area contributed by atoms with Crippen LogP contribution in [0.4, 0.5) is 24.7 Å². The van der Waals surface area contributed by atoms with Crippen molar-refractivity contribution >= 4 is 28.1 Å². The summed E-state index contributed by atoms with van der Waals surface area (Å²) in [4.78, 5) is 4.27. The molecular formula is C23H14F3N5O2. The lowest BCUT2D eigenvalue weighted by Gasteiger charge is -2.10. The minimum atomic E-state index is -4.78. The molecule has 1 N–H and O–H groups in total. The maximum Gasteiger partial charge on any atom is 0.573 e. The second-order valence-corrected chi connectivity index (χ2v) is 7.05. The molecule has 10 heteroatoms. The van der Waals surface area contributed by atoms with E-state index in [0.717, 1.165) is 5.56 Å². The van der Waals surface area contributed by atoms with Gasteiger partial charge in [-0.1, -0.05) is 23.2 Å². The SMILES string of the molecule is Cc1ccc2c(Nc3cccc(OC(F)(F)F)c3)noc2c1C#Cc1cnc2cccnn12. The van der Waals surface area contributed by atoms with Crippen LogP contribution in [0.2, 0.25) is 0 Å². The summed E-state index contributed by atoms with van der Waals surface area (Å²) in [6.45, 7) is 1.89. The number of nitrogens with one attached hydrogen (secondary N) is 1.